The van der Waals surface area contributed by atoms with Gasteiger partial charge in [-0.15, -0.1) is 13.2 Å². The van der Waals surface area contributed by atoms with Gasteiger partial charge in [0, 0.05) is 13.0 Å². The number of sulfonamides is 1. The number of hydrogen-bond donors (Lipinski definition) is 1. The van der Waals surface area contributed by atoms with E-state index in [1.54, 1.807) is 0 Å². The summed E-state index contributed by atoms with van der Waals surface area (Å²) in [6.07, 6.45) is 2.43. The highest BCUT2D eigenvalue weighted by molar-refractivity contribution is 7.88. The number of likely N-dealkylation sites (tertiary alicyclic amines) is 1. The number of nitrogens with zero attached hydrogens (tertiary/aromatic N) is 1. The summed E-state index contributed by atoms with van der Waals surface area (Å²) in [6.45, 7) is 6.76. The van der Waals surface area contributed by atoms with Crippen LogP contribution in [0.4, 0.5) is 0 Å². The maximum Gasteiger partial charge on any atom is 0.223 e. The van der Waals surface area contributed by atoms with E-state index in [-0.39, 0.29) is 20.0 Å². The molecule has 1 rings (SSSR count). The van der Waals surface area contributed by atoms with Crippen molar-refractivity contribution in [3.63, 3.8) is 0 Å². The van der Waals surface area contributed by atoms with Gasteiger partial charge in [-0.3, -0.25) is 4.79 Å². The van der Waals surface area contributed by atoms with Gasteiger partial charge in [-0.2, -0.15) is 4.72 Å². The van der Waals surface area contributed by atoms with Gasteiger partial charge >= 0.3 is 0 Å². The Bertz CT molecular complexity index is 288. The fourth-order valence-corrected chi connectivity index (χ4v) is 1.46. The monoisotopic (exact) mass is 236 g/mol. The van der Waals surface area contributed by atoms with Crippen molar-refractivity contribution < 1.29 is 13.2 Å². The van der Waals surface area contributed by atoms with E-state index in [9.17, 15) is 13.2 Å². The summed E-state index contributed by atoms with van der Waals surface area (Å²) in [5.74, 6) is 0.0196. The Morgan fingerprint density at radius 3 is 2.33 bits per heavy atom. The van der Waals surface area contributed by atoms with Crippen LogP contribution in [0.15, 0.2) is 13.2 Å². The predicted molar refractivity (Wildman–Crippen MR) is 61.8 cm³/mol. The maximum absolute atomic E-state index is 11.0. The maximum atomic E-state index is 11.0. The lowest BCUT2D eigenvalue weighted by atomic mass is 10.4. The molecule has 1 aliphatic heterocycles. The minimum absolute atomic E-state index is 0. The fourth-order valence-electron chi connectivity index (χ4n) is 1.07. The third-order valence-electron chi connectivity index (χ3n) is 1.69. The van der Waals surface area contributed by atoms with E-state index in [0.717, 1.165) is 12.7 Å². The highest BCUT2D eigenvalue weighted by Gasteiger charge is 2.20. The number of carbonyl (C=O) groups excluding carboxylic acids is 1. The Balaban J connectivity index is 0. The molecular weight excluding hydrogens is 216 g/mol. The zero-order valence-corrected chi connectivity index (χ0v) is 9.14. The SMILES string of the molecule is C.C=C.CS(=O)(=O)NCN1CCCC1=O. The first-order valence-electron chi connectivity index (χ1n) is 4.21. The van der Waals surface area contributed by atoms with Crippen molar-refractivity contribution in [3.8, 4) is 0 Å². The largest absolute Gasteiger partial charge is 0.329 e. The molecule has 0 spiro atoms. The minimum Gasteiger partial charge on any atom is -0.329 e. The summed E-state index contributed by atoms with van der Waals surface area (Å²) in [6, 6.07) is 0. The molecule has 1 N–H and O–H groups in total. The van der Waals surface area contributed by atoms with Gasteiger partial charge < -0.3 is 4.90 Å². The van der Waals surface area contributed by atoms with E-state index in [2.05, 4.69) is 17.9 Å². The van der Waals surface area contributed by atoms with Crippen LogP contribution in [0.1, 0.15) is 20.3 Å². The van der Waals surface area contributed by atoms with Crippen LogP contribution < -0.4 is 4.72 Å². The third kappa shape index (κ3) is 7.10. The third-order valence-corrected chi connectivity index (χ3v) is 2.34. The Kier molecular flexibility index (Phi) is 8.18. The van der Waals surface area contributed by atoms with Crippen LogP contribution in [-0.4, -0.2) is 38.7 Å². The van der Waals surface area contributed by atoms with Gasteiger partial charge in [-0.1, -0.05) is 7.43 Å². The molecule has 0 bridgehead atoms. The molecule has 1 fully saturated rings. The first-order valence-corrected chi connectivity index (χ1v) is 6.10. The molecule has 1 heterocycles. The molecule has 0 aromatic heterocycles. The predicted octanol–water partition coefficient (Wildman–Crippen LogP) is 0.554. The second-order valence-corrected chi connectivity index (χ2v) is 4.67. The van der Waals surface area contributed by atoms with Gasteiger partial charge in [-0.05, 0) is 6.42 Å². The van der Waals surface area contributed by atoms with Crippen LogP contribution in [0, 0.1) is 0 Å². The summed E-state index contributed by atoms with van der Waals surface area (Å²) in [4.78, 5) is 12.5. The van der Waals surface area contributed by atoms with Gasteiger partial charge in [0.2, 0.25) is 15.9 Å². The molecule has 15 heavy (non-hydrogen) atoms. The Morgan fingerprint density at radius 2 is 2.00 bits per heavy atom. The van der Waals surface area contributed by atoms with Crippen LogP contribution >= 0.6 is 0 Å². The van der Waals surface area contributed by atoms with E-state index in [1.807, 2.05) is 0 Å². The molecule has 1 aliphatic rings. The van der Waals surface area contributed by atoms with E-state index < -0.39 is 10.0 Å². The first kappa shape index (κ1) is 16.5. The van der Waals surface area contributed by atoms with Gasteiger partial charge in [0.25, 0.3) is 0 Å². The molecule has 90 valence electrons. The van der Waals surface area contributed by atoms with E-state index in [1.165, 1.54) is 4.90 Å². The zero-order chi connectivity index (χ0) is 11.2. The lowest BCUT2D eigenvalue weighted by Gasteiger charge is -2.14. The standard InChI is InChI=1S/C6H12N2O3S.C2H4.CH4/c1-12(10,11)7-5-8-4-2-3-6(8)9;1-2;/h7H,2-5H2,1H3;1-2H2;1H4. The van der Waals surface area contributed by atoms with Crippen LogP contribution in [0.3, 0.4) is 0 Å². The molecule has 5 nitrogen and oxygen atoms in total. The number of rotatable bonds is 3. The molecular formula is C9H20N2O3S. The van der Waals surface area contributed by atoms with Crippen molar-refractivity contribution >= 4 is 15.9 Å². The summed E-state index contributed by atoms with van der Waals surface area (Å²) >= 11 is 0. The van der Waals surface area contributed by atoms with E-state index >= 15 is 0 Å². The molecule has 1 saturated heterocycles. The van der Waals surface area contributed by atoms with Crippen molar-refractivity contribution in [1.29, 1.82) is 0 Å². The Hall–Kier alpha value is -0.880. The highest BCUT2D eigenvalue weighted by Crippen LogP contribution is 2.07. The van der Waals surface area contributed by atoms with Crippen molar-refractivity contribution in [2.75, 3.05) is 19.5 Å². The van der Waals surface area contributed by atoms with Gasteiger partial charge in [-0.25, -0.2) is 8.42 Å². The smallest absolute Gasteiger partial charge is 0.223 e. The lowest BCUT2D eigenvalue weighted by molar-refractivity contribution is -0.127. The van der Waals surface area contributed by atoms with Crippen molar-refractivity contribution in [1.82, 2.24) is 9.62 Å². The van der Waals surface area contributed by atoms with Crippen LogP contribution in [0.2, 0.25) is 0 Å². The molecule has 1 amide bonds. The highest BCUT2D eigenvalue weighted by atomic mass is 32.2. The average molecular weight is 236 g/mol. The number of hydrogen-bond acceptors (Lipinski definition) is 3. The first-order chi connectivity index (χ1) is 6.49. The number of nitrogens with one attached hydrogen (secondary N) is 1. The van der Waals surface area contributed by atoms with E-state index in [4.69, 9.17) is 0 Å². The van der Waals surface area contributed by atoms with Gasteiger partial charge in [0.05, 0.1) is 12.9 Å². The van der Waals surface area contributed by atoms with Gasteiger partial charge in [0.15, 0.2) is 0 Å². The summed E-state index contributed by atoms with van der Waals surface area (Å²) in [7, 11) is -3.18. The molecule has 0 aromatic carbocycles. The summed E-state index contributed by atoms with van der Waals surface area (Å²) < 4.78 is 23.6. The second kappa shape index (κ2) is 7.42. The number of amides is 1. The van der Waals surface area contributed by atoms with Crippen molar-refractivity contribution in [3.05, 3.63) is 13.2 Å². The van der Waals surface area contributed by atoms with Gasteiger partial charge in [0.1, 0.15) is 0 Å². The molecule has 0 atom stereocenters. The summed E-state index contributed by atoms with van der Waals surface area (Å²) in [5, 5.41) is 0. The topological polar surface area (TPSA) is 66.5 Å². The van der Waals surface area contributed by atoms with Crippen molar-refractivity contribution in [2.24, 2.45) is 0 Å². The number of carbonyl (C=O) groups is 1. The molecule has 0 radical (unpaired) electrons. The quantitative estimate of drug-likeness (QED) is 0.728. The van der Waals surface area contributed by atoms with Crippen LogP contribution in [-0.2, 0) is 14.8 Å². The molecule has 6 heteroatoms. The molecule has 0 unspecified atom stereocenters. The molecule has 0 aromatic rings. The van der Waals surface area contributed by atoms with Crippen LogP contribution in [0.5, 0.6) is 0 Å². The summed E-state index contributed by atoms with van der Waals surface area (Å²) in [5.41, 5.74) is 0. The Morgan fingerprint density at radius 1 is 1.47 bits per heavy atom. The molecule has 0 aliphatic carbocycles. The van der Waals surface area contributed by atoms with E-state index in [0.29, 0.717) is 13.0 Å². The van der Waals surface area contributed by atoms with Crippen LogP contribution in [0.25, 0.3) is 0 Å². The molecule has 0 saturated carbocycles. The zero-order valence-electron chi connectivity index (χ0n) is 8.32. The second-order valence-electron chi connectivity index (χ2n) is 2.84. The van der Waals surface area contributed by atoms with Crippen molar-refractivity contribution in [2.45, 2.75) is 20.3 Å². The normalized spacial score (nSPS) is 15.3. The Labute approximate surface area is 92.2 Å². The lowest BCUT2D eigenvalue weighted by Crippen LogP contribution is -2.37. The minimum atomic E-state index is -3.18. The fraction of sp³-hybridized carbons (Fsp3) is 0.667. The average Bonchev–Trinajstić information content (AvgIpc) is 2.50.